The minimum Gasteiger partial charge on any atom is -0.491 e. The molecule has 0 radical (unpaired) electrons. The lowest BCUT2D eigenvalue weighted by molar-refractivity contribution is 0.201. The molecule has 2 aliphatic rings. The summed E-state index contributed by atoms with van der Waals surface area (Å²) in [6.07, 6.45) is 8.55. The second-order valence-electron chi connectivity index (χ2n) is 7.39. The van der Waals surface area contributed by atoms with Gasteiger partial charge in [-0.2, -0.15) is 5.10 Å². The molecule has 3 aromatic rings. The molecular formula is C21H18Cl2N8O2. The van der Waals surface area contributed by atoms with Gasteiger partial charge >= 0.3 is 6.03 Å². The Hall–Kier alpha value is -3.63. The lowest BCUT2D eigenvalue weighted by Crippen LogP contribution is -2.36. The van der Waals surface area contributed by atoms with Crippen molar-refractivity contribution in [2.75, 3.05) is 12.3 Å². The molecule has 0 spiro atoms. The molecule has 1 aromatic carbocycles. The van der Waals surface area contributed by atoms with Gasteiger partial charge in [0, 0.05) is 16.3 Å². The van der Waals surface area contributed by atoms with Crippen LogP contribution in [0.3, 0.4) is 0 Å². The number of benzene rings is 1. The first kappa shape index (κ1) is 21.2. The minimum atomic E-state index is -0.236. The van der Waals surface area contributed by atoms with Crippen molar-refractivity contribution in [2.24, 2.45) is 0 Å². The van der Waals surface area contributed by atoms with E-state index in [1.807, 2.05) is 18.2 Å². The Morgan fingerprint density at radius 2 is 2.09 bits per heavy atom. The second kappa shape index (κ2) is 8.72. The van der Waals surface area contributed by atoms with Crippen molar-refractivity contribution >= 4 is 35.2 Å². The summed E-state index contributed by atoms with van der Waals surface area (Å²) in [4.78, 5) is 27.0. The molecule has 3 N–H and O–H groups in total. The normalized spacial score (nSPS) is 14.0. The average molecular weight is 485 g/mol. The van der Waals surface area contributed by atoms with Gasteiger partial charge in [-0.05, 0) is 24.3 Å². The molecule has 0 bridgehead atoms. The zero-order valence-corrected chi connectivity index (χ0v) is 18.7. The minimum absolute atomic E-state index is 0.0789. The number of hydrogen-bond donors (Lipinski definition) is 2. The Bertz CT molecular complexity index is 1290. The third kappa shape index (κ3) is 4.35. The summed E-state index contributed by atoms with van der Waals surface area (Å²) in [6, 6.07) is 3.05. The van der Waals surface area contributed by atoms with Gasteiger partial charge in [-0.15, -0.1) is 0 Å². The number of rotatable bonds is 6. The maximum absolute atomic E-state index is 12.7. The monoisotopic (exact) mass is 484 g/mol. The zero-order valence-electron chi connectivity index (χ0n) is 17.2. The molecule has 5 rings (SSSR count). The fraction of sp³-hybridized carbons (Fsp3) is 0.190. The van der Waals surface area contributed by atoms with Gasteiger partial charge in [0.2, 0.25) is 5.95 Å². The number of nitrogens with zero attached hydrogens (tertiary/aromatic N) is 6. The third-order valence-corrected chi connectivity index (χ3v) is 5.71. The molecule has 10 nitrogen and oxygen atoms in total. The van der Waals surface area contributed by atoms with Gasteiger partial charge in [0.15, 0.2) is 0 Å². The molecule has 168 valence electrons. The van der Waals surface area contributed by atoms with E-state index in [2.05, 4.69) is 25.4 Å². The van der Waals surface area contributed by atoms with Crippen molar-refractivity contribution in [3.8, 4) is 17.0 Å². The number of allylic oxidation sites excluding steroid dienone is 3. The van der Waals surface area contributed by atoms with Crippen molar-refractivity contribution in [1.29, 1.82) is 0 Å². The number of halogens is 2. The van der Waals surface area contributed by atoms with Crippen molar-refractivity contribution in [3.63, 3.8) is 0 Å². The van der Waals surface area contributed by atoms with Gasteiger partial charge in [-0.25, -0.2) is 24.4 Å². The number of nitrogens with two attached hydrogens (primary N) is 1. The largest absolute Gasteiger partial charge is 0.491 e. The summed E-state index contributed by atoms with van der Waals surface area (Å²) in [5.74, 6) is 0.524. The van der Waals surface area contributed by atoms with Gasteiger partial charge in [0.1, 0.15) is 25.0 Å². The van der Waals surface area contributed by atoms with Crippen LogP contribution in [0.5, 0.6) is 5.75 Å². The Morgan fingerprint density at radius 1 is 1.24 bits per heavy atom. The summed E-state index contributed by atoms with van der Waals surface area (Å²) < 4.78 is 7.66. The summed E-state index contributed by atoms with van der Waals surface area (Å²) in [7, 11) is 0. The standard InChI is InChI=1S/C21H18Cl2N8O2/c22-12-6-15(23)18(17(7-12)33-5-4-31-11-25-10-26-31)19-14-8-30(9-16(14)28-20(24)29-19)21(32)27-13-2-1-3-13/h1-3,6-7,10-11H,4-5,8-9H2,(H,27,32)(H2,24,28,29). The fourth-order valence-corrected chi connectivity index (χ4v) is 4.16. The van der Waals surface area contributed by atoms with Gasteiger partial charge < -0.3 is 20.7 Å². The molecule has 0 saturated heterocycles. The van der Waals surface area contributed by atoms with E-state index in [1.165, 1.54) is 6.33 Å². The Labute approximate surface area is 198 Å². The number of anilines is 1. The van der Waals surface area contributed by atoms with E-state index in [-0.39, 0.29) is 12.0 Å². The molecule has 0 unspecified atom stereocenters. The second-order valence-corrected chi connectivity index (χ2v) is 8.23. The first-order chi connectivity index (χ1) is 16.0. The van der Waals surface area contributed by atoms with E-state index < -0.39 is 0 Å². The molecule has 0 atom stereocenters. The SMILES string of the molecule is Nc1nc2c(c(-c3c(Cl)cc(Cl)cc3OCCn3cncn3)n1)CN(C(=O)NC1=CC=C1)C2. The molecule has 0 fully saturated rings. The predicted molar refractivity (Wildman–Crippen MR) is 122 cm³/mol. The number of urea groups is 1. The Balaban J connectivity index is 1.45. The lowest BCUT2D eigenvalue weighted by Gasteiger charge is -2.18. The quantitative estimate of drug-likeness (QED) is 0.550. The fourth-order valence-electron chi connectivity index (χ4n) is 3.59. The molecule has 2 amide bonds. The van der Waals surface area contributed by atoms with Crippen LogP contribution in [0.25, 0.3) is 11.3 Å². The summed E-state index contributed by atoms with van der Waals surface area (Å²) in [6.45, 7) is 1.37. The number of aromatic nitrogens is 5. The smallest absolute Gasteiger partial charge is 0.322 e. The topological polar surface area (TPSA) is 124 Å². The average Bonchev–Trinajstić information content (AvgIpc) is 3.39. The highest BCUT2D eigenvalue weighted by molar-refractivity contribution is 6.37. The van der Waals surface area contributed by atoms with Gasteiger partial charge in [-0.3, -0.25) is 0 Å². The van der Waals surface area contributed by atoms with Crippen LogP contribution < -0.4 is 15.8 Å². The van der Waals surface area contributed by atoms with E-state index in [0.29, 0.717) is 59.0 Å². The zero-order chi connectivity index (χ0) is 22.9. The van der Waals surface area contributed by atoms with E-state index in [4.69, 9.17) is 33.7 Å². The number of carbonyl (C=O) groups excluding carboxylic acids is 1. The Kier molecular flexibility index (Phi) is 5.61. The number of nitrogens with one attached hydrogen (secondary N) is 1. The summed E-state index contributed by atoms with van der Waals surface area (Å²) in [5, 5.41) is 7.67. The van der Waals surface area contributed by atoms with Crippen molar-refractivity contribution < 1.29 is 9.53 Å². The number of ether oxygens (including phenoxy) is 1. The van der Waals surface area contributed by atoms with Crippen LogP contribution in [0.4, 0.5) is 10.7 Å². The van der Waals surface area contributed by atoms with E-state index >= 15 is 0 Å². The molecular weight excluding hydrogens is 467 g/mol. The van der Waals surface area contributed by atoms with E-state index in [1.54, 1.807) is 28.0 Å². The Morgan fingerprint density at radius 3 is 2.82 bits per heavy atom. The van der Waals surface area contributed by atoms with Crippen LogP contribution in [0.1, 0.15) is 11.3 Å². The van der Waals surface area contributed by atoms with Crippen LogP contribution >= 0.6 is 23.2 Å². The first-order valence-electron chi connectivity index (χ1n) is 10.0. The molecule has 3 heterocycles. The summed E-state index contributed by atoms with van der Waals surface area (Å²) >= 11 is 12.8. The van der Waals surface area contributed by atoms with E-state index in [0.717, 1.165) is 11.3 Å². The van der Waals surface area contributed by atoms with Crippen LogP contribution in [0.2, 0.25) is 10.0 Å². The third-order valence-electron chi connectivity index (χ3n) is 5.19. The van der Waals surface area contributed by atoms with Gasteiger partial charge in [-0.1, -0.05) is 29.3 Å². The highest BCUT2D eigenvalue weighted by Gasteiger charge is 2.31. The number of nitrogen functional groups attached to an aromatic ring is 1. The summed E-state index contributed by atoms with van der Waals surface area (Å²) in [5.41, 5.74) is 9.22. The van der Waals surface area contributed by atoms with Crippen LogP contribution in [-0.2, 0) is 19.6 Å². The van der Waals surface area contributed by atoms with Crippen molar-refractivity contribution in [3.05, 3.63) is 70.0 Å². The van der Waals surface area contributed by atoms with Crippen molar-refractivity contribution in [1.82, 2.24) is 34.9 Å². The van der Waals surface area contributed by atoms with Crippen LogP contribution in [0.15, 0.2) is 48.7 Å². The lowest BCUT2D eigenvalue weighted by atomic mass is 10.0. The molecule has 12 heteroatoms. The first-order valence-corrected chi connectivity index (χ1v) is 10.8. The molecule has 0 saturated carbocycles. The number of amides is 2. The van der Waals surface area contributed by atoms with Crippen LogP contribution in [-0.4, -0.2) is 42.3 Å². The maximum atomic E-state index is 12.7. The molecule has 1 aliphatic carbocycles. The van der Waals surface area contributed by atoms with Gasteiger partial charge in [0.05, 0.1) is 41.6 Å². The van der Waals surface area contributed by atoms with Crippen molar-refractivity contribution in [2.45, 2.75) is 19.6 Å². The molecule has 33 heavy (non-hydrogen) atoms. The molecule has 1 aliphatic heterocycles. The number of hydrogen-bond acceptors (Lipinski definition) is 7. The number of carbonyl (C=O) groups is 1. The van der Waals surface area contributed by atoms with Crippen LogP contribution in [0, 0.1) is 0 Å². The van der Waals surface area contributed by atoms with Gasteiger partial charge in [0.25, 0.3) is 0 Å². The highest BCUT2D eigenvalue weighted by atomic mass is 35.5. The van der Waals surface area contributed by atoms with E-state index in [9.17, 15) is 4.79 Å². The highest BCUT2D eigenvalue weighted by Crippen LogP contribution is 2.42. The molecule has 2 aromatic heterocycles. The maximum Gasteiger partial charge on any atom is 0.322 e. The predicted octanol–water partition coefficient (Wildman–Crippen LogP) is 3.18. The number of fused-ring (bicyclic) bond motifs is 1.